The van der Waals surface area contributed by atoms with Gasteiger partial charge < -0.3 is 4.90 Å². The Hall–Kier alpha value is -3.07. The third-order valence-corrected chi connectivity index (χ3v) is 9.02. The quantitative estimate of drug-likeness (QED) is 0.275. The third kappa shape index (κ3) is 3.62. The Morgan fingerprint density at radius 3 is 2.62 bits per heavy atom. The second-order valence-electron chi connectivity index (χ2n) is 8.12. The summed E-state index contributed by atoms with van der Waals surface area (Å²) in [5.74, 6) is -0.0536. The number of amides is 1. The third-order valence-electron chi connectivity index (χ3n) is 5.68. The lowest BCUT2D eigenvalue weighted by atomic mass is 10.2. The number of aliphatic imine (C=N–C) groups is 1. The Kier molecular flexibility index (Phi) is 5.24. The minimum absolute atomic E-state index is 0.0536. The standard InChI is InChI=1S/C26H20N4OS3/c1-15-7-6-8-18(13-15)30-24(31)23(25-29(3)20-9-4-5-10-22(20)33-25)34-26(30)28-17-11-12-21-19(14-17)27-16(2)32-21/h4-14H,1-3H3. The second kappa shape index (κ2) is 8.30. The zero-order valence-corrected chi connectivity index (χ0v) is 21.2. The Bertz CT molecular complexity index is 1540. The van der Waals surface area contributed by atoms with Crippen LogP contribution in [0.25, 0.3) is 10.2 Å². The molecule has 3 aromatic carbocycles. The molecule has 2 aliphatic heterocycles. The van der Waals surface area contributed by atoms with Crippen LogP contribution in [0, 0.1) is 13.8 Å². The lowest BCUT2D eigenvalue weighted by Crippen LogP contribution is -2.29. The number of hydrogen-bond donors (Lipinski definition) is 0. The van der Waals surface area contributed by atoms with Crippen molar-refractivity contribution in [2.75, 3.05) is 16.8 Å². The van der Waals surface area contributed by atoms with Crippen molar-refractivity contribution >= 4 is 73.2 Å². The Morgan fingerprint density at radius 2 is 1.79 bits per heavy atom. The van der Waals surface area contributed by atoms with Crippen molar-refractivity contribution in [3.63, 3.8) is 0 Å². The Labute approximate surface area is 210 Å². The maximum Gasteiger partial charge on any atom is 0.274 e. The molecule has 1 saturated heterocycles. The van der Waals surface area contributed by atoms with E-state index in [0.717, 1.165) is 47.8 Å². The van der Waals surface area contributed by atoms with E-state index in [2.05, 4.69) is 28.1 Å². The first-order valence-corrected chi connectivity index (χ1v) is 13.2. The minimum Gasteiger partial charge on any atom is -0.337 e. The number of nitrogens with zero attached hydrogens (tertiary/aromatic N) is 4. The summed E-state index contributed by atoms with van der Waals surface area (Å²) in [6.45, 7) is 4.04. The van der Waals surface area contributed by atoms with Gasteiger partial charge in [-0.15, -0.1) is 11.3 Å². The number of thiazole rings is 1. The summed E-state index contributed by atoms with van der Waals surface area (Å²) in [4.78, 5) is 29.0. The fourth-order valence-corrected chi connectivity index (χ4v) is 7.24. The van der Waals surface area contributed by atoms with Crippen molar-refractivity contribution in [2.45, 2.75) is 18.7 Å². The molecule has 1 fully saturated rings. The molecule has 0 N–H and O–H groups in total. The highest BCUT2D eigenvalue weighted by Crippen LogP contribution is 2.50. The first kappa shape index (κ1) is 21.5. The molecular weight excluding hydrogens is 481 g/mol. The molecule has 0 bridgehead atoms. The van der Waals surface area contributed by atoms with Crippen LogP contribution in [0.4, 0.5) is 17.1 Å². The number of carbonyl (C=O) groups is 1. The van der Waals surface area contributed by atoms with Gasteiger partial charge in [-0.3, -0.25) is 9.69 Å². The van der Waals surface area contributed by atoms with Crippen molar-refractivity contribution in [3.8, 4) is 0 Å². The summed E-state index contributed by atoms with van der Waals surface area (Å²) < 4.78 is 1.14. The van der Waals surface area contributed by atoms with Crippen LogP contribution in [-0.2, 0) is 4.79 Å². The van der Waals surface area contributed by atoms with Crippen LogP contribution in [0.1, 0.15) is 10.6 Å². The van der Waals surface area contributed by atoms with Crippen LogP contribution in [-0.4, -0.2) is 23.1 Å². The molecular formula is C26H20N4OS3. The molecule has 4 aromatic rings. The lowest BCUT2D eigenvalue weighted by Gasteiger charge is -2.17. The van der Waals surface area contributed by atoms with Gasteiger partial charge in [-0.1, -0.05) is 36.0 Å². The normalized spacial score (nSPS) is 19.0. The average Bonchev–Trinajstić information content (AvgIpc) is 3.46. The minimum atomic E-state index is -0.0536. The average molecular weight is 501 g/mol. The summed E-state index contributed by atoms with van der Waals surface area (Å²) in [5, 5.41) is 2.61. The van der Waals surface area contributed by atoms with Crippen LogP contribution in [0.3, 0.4) is 0 Å². The molecule has 0 spiro atoms. The van der Waals surface area contributed by atoms with E-state index in [0.29, 0.717) is 10.1 Å². The van der Waals surface area contributed by atoms with Gasteiger partial charge >= 0.3 is 0 Å². The molecule has 3 heterocycles. The van der Waals surface area contributed by atoms with E-state index in [4.69, 9.17) is 4.99 Å². The van der Waals surface area contributed by atoms with Crippen LogP contribution in [0.15, 0.2) is 86.6 Å². The Balaban J connectivity index is 1.47. The predicted molar refractivity (Wildman–Crippen MR) is 145 cm³/mol. The van der Waals surface area contributed by atoms with Gasteiger partial charge in [0.15, 0.2) is 5.17 Å². The van der Waals surface area contributed by atoms with Crippen LogP contribution in [0.5, 0.6) is 0 Å². The van der Waals surface area contributed by atoms with Gasteiger partial charge in [0, 0.05) is 11.9 Å². The van der Waals surface area contributed by atoms with E-state index in [1.165, 1.54) is 11.8 Å². The molecule has 2 aliphatic rings. The maximum atomic E-state index is 13.8. The fraction of sp³-hybridized carbons (Fsp3) is 0.115. The highest BCUT2D eigenvalue weighted by Gasteiger charge is 2.40. The Morgan fingerprint density at radius 1 is 0.941 bits per heavy atom. The van der Waals surface area contributed by atoms with Gasteiger partial charge in [-0.2, -0.15) is 0 Å². The number of aryl methyl sites for hydroxylation is 2. The molecule has 168 valence electrons. The van der Waals surface area contributed by atoms with Gasteiger partial charge in [0.25, 0.3) is 5.91 Å². The number of carbonyl (C=O) groups excluding carboxylic acids is 1. The van der Waals surface area contributed by atoms with Crippen molar-refractivity contribution in [1.29, 1.82) is 0 Å². The van der Waals surface area contributed by atoms with Gasteiger partial charge in [0.2, 0.25) is 0 Å². The number of hydrogen-bond acceptors (Lipinski definition) is 7. The number of fused-ring (bicyclic) bond motifs is 2. The fourth-order valence-electron chi connectivity index (χ4n) is 4.08. The largest absolute Gasteiger partial charge is 0.337 e. The molecule has 6 rings (SSSR count). The molecule has 0 radical (unpaired) electrons. The van der Waals surface area contributed by atoms with Crippen molar-refractivity contribution < 1.29 is 4.79 Å². The number of thioether (sulfide) groups is 2. The zero-order valence-electron chi connectivity index (χ0n) is 18.8. The number of benzene rings is 3. The highest BCUT2D eigenvalue weighted by molar-refractivity contribution is 8.20. The monoisotopic (exact) mass is 500 g/mol. The van der Waals surface area contributed by atoms with Crippen molar-refractivity contribution in [2.24, 2.45) is 4.99 Å². The summed E-state index contributed by atoms with van der Waals surface area (Å²) in [6.07, 6.45) is 0. The summed E-state index contributed by atoms with van der Waals surface area (Å²) in [6, 6.07) is 22.2. The molecule has 0 saturated carbocycles. The van der Waals surface area contributed by atoms with Crippen LogP contribution >= 0.6 is 34.9 Å². The molecule has 8 heteroatoms. The number of para-hydroxylation sites is 1. The smallest absolute Gasteiger partial charge is 0.274 e. The van der Waals surface area contributed by atoms with E-state index in [-0.39, 0.29) is 5.91 Å². The molecule has 34 heavy (non-hydrogen) atoms. The van der Waals surface area contributed by atoms with Crippen molar-refractivity contribution in [1.82, 2.24) is 4.98 Å². The van der Waals surface area contributed by atoms with E-state index in [1.807, 2.05) is 69.4 Å². The number of rotatable bonds is 2. The summed E-state index contributed by atoms with van der Waals surface area (Å²) >= 11 is 4.73. The van der Waals surface area contributed by atoms with Gasteiger partial charge in [-0.05, 0) is 73.6 Å². The number of anilines is 2. The molecule has 0 aliphatic carbocycles. The summed E-state index contributed by atoms with van der Waals surface area (Å²) in [5.41, 5.74) is 4.74. The van der Waals surface area contributed by atoms with Crippen LogP contribution in [0.2, 0.25) is 0 Å². The molecule has 5 nitrogen and oxygen atoms in total. The molecule has 0 atom stereocenters. The van der Waals surface area contributed by atoms with E-state index in [1.54, 1.807) is 28.0 Å². The number of amidine groups is 1. The lowest BCUT2D eigenvalue weighted by molar-refractivity contribution is -0.113. The SMILES string of the molecule is Cc1cccc(N2C(=O)C(=C3Sc4ccccc4N3C)SC2=Nc2ccc3sc(C)nc3c2)c1. The molecule has 1 amide bonds. The molecule has 1 aromatic heterocycles. The van der Waals surface area contributed by atoms with Gasteiger partial charge in [-0.25, -0.2) is 9.98 Å². The van der Waals surface area contributed by atoms with Crippen LogP contribution < -0.4 is 9.80 Å². The highest BCUT2D eigenvalue weighted by atomic mass is 32.2. The topological polar surface area (TPSA) is 48.8 Å². The van der Waals surface area contributed by atoms with Crippen molar-refractivity contribution in [3.05, 3.63) is 87.2 Å². The van der Waals surface area contributed by atoms with E-state index < -0.39 is 0 Å². The van der Waals surface area contributed by atoms with E-state index >= 15 is 0 Å². The number of aromatic nitrogens is 1. The maximum absolute atomic E-state index is 13.8. The van der Waals surface area contributed by atoms with Gasteiger partial charge in [0.05, 0.1) is 37.3 Å². The van der Waals surface area contributed by atoms with Gasteiger partial charge in [0.1, 0.15) is 4.91 Å². The second-order valence-corrected chi connectivity index (χ2v) is 11.4. The first-order chi connectivity index (χ1) is 16.5. The van der Waals surface area contributed by atoms with E-state index in [9.17, 15) is 4.79 Å². The predicted octanol–water partition coefficient (Wildman–Crippen LogP) is 7.09. The summed E-state index contributed by atoms with van der Waals surface area (Å²) in [7, 11) is 2.01. The molecule has 0 unspecified atom stereocenters. The zero-order chi connectivity index (χ0) is 23.4. The first-order valence-electron chi connectivity index (χ1n) is 10.8.